The summed E-state index contributed by atoms with van der Waals surface area (Å²) in [6.45, 7) is 0.0741. The van der Waals surface area contributed by atoms with E-state index in [-0.39, 0.29) is 18.9 Å². The Morgan fingerprint density at radius 3 is 2.41 bits per heavy atom. The van der Waals surface area contributed by atoms with Crippen molar-refractivity contribution in [1.29, 1.82) is 0 Å². The number of hydrogen-bond donors (Lipinski definition) is 1. The average molecular weight is 313 g/mol. The largest absolute Gasteiger partial charge is 0.492 e. The first-order chi connectivity index (χ1) is 10.4. The van der Waals surface area contributed by atoms with Crippen molar-refractivity contribution in [2.75, 3.05) is 13.2 Å². The maximum Gasteiger partial charge on any atom is 0.419 e. The molecule has 0 aliphatic rings. The van der Waals surface area contributed by atoms with Crippen LogP contribution >= 0.6 is 0 Å². The van der Waals surface area contributed by atoms with Crippen molar-refractivity contribution in [3.8, 4) is 5.75 Å². The van der Waals surface area contributed by atoms with Crippen molar-refractivity contribution < 1.29 is 22.3 Å². The Morgan fingerprint density at radius 1 is 1.05 bits per heavy atom. The molecule has 0 amide bonds. The third-order valence-corrected chi connectivity index (χ3v) is 3.24. The molecule has 1 unspecified atom stereocenters. The van der Waals surface area contributed by atoms with Gasteiger partial charge in [0.2, 0.25) is 0 Å². The summed E-state index contributed by atoms with van der Waals surface area (Å²) in [7, 11) is 0. The lowest BCUT2D eigenvalue weighted by Gasteiger charge is -2.19. The minimum atomic E-state index is -4.49. The first-order valence-electron chi connectivity index (χ1n) is 6.66. The van der Waals surface area contributed by atoms with Gasteiger partial charge in [-0.1, -0.05) is 24.3 Å². The highest BCUT2D eigenvalue weighted by atomic mass is 19.4. The van der Waals surface area contributed by atoms with Gasteiger partial charge in [-0.3, -0.25) is 0 Å². The standard InChI is InChI=1S/C16H15F4NO/c17-13-5-3-4-11(8-13)12(9-21)10-22-15-7-2-1-6-14(15)16(18,19)20/h1-8,12H,9-10,21H2. The zero-order valence-corrected chi connectivity index (χ0v) is 11.6. The second-order valence-corrected chi connectivity index (χ2v) is 4.79. The first-order valence-corrected chi connectivity index (χ1v) is 6.66. The van der Waals surface area contributed by atoms with Crippen LogP contribution < -0.4 is 10.5 Å². The highest BCUT2D eigenvalue weighted by molar-refractivity contribution is 5.35. The van der Waals surface area contributed by atoms with Gasteiger partial charge in [-0.05, 0) is 29.8 Å². The highest BCUT2D eigenvalue weighted by Crippen LogP contribution is 2.36. The zero-order valence-electron chi connectivity index (χ0n) is 11.6. The molecule has 118 valence electrons. The van der Waals surface area contributed by atoms with E-state index in [1.54, 1.807) is 6.07 Å². The number of alkyl halides is 3. The van der Waals surface area contributed by atoms with E-state index in [4.69, 9.17) is 10.5 Å². The number of rotatable bonds is 5. The molecular formula is C16H15F4NO. The fourth-order valence-electron chi connectivity index (χ4n) is 2.08. The summed E-state index contributed by atoms with van der Waals surface area (Å²) < 4.78 is 57.1. The van der Waals surface area contributed by atoms with Crippen molar-refractivity contribution in [3.05, 3.63) is 65.5 Å². The smallest absolute Gasteiger partial charge is 0.419 e. The fourth-order valence-corrected chi connectivity index (χ4v) is 2.08. The molecule has 0 heterocycles. The normalized spacial score (nSPS) is 13.0. The van der Waals surface area contributed by atoms with E-state index in [2.05, 4.69) is 0 Å². The minimum absolute atomic E-state index is 0.0625. The number of nitrogens with two attached hydrogens (primary N) is 1. The average Bonchev–Trinajstić information content (AvgIpc) is 2.47. The van der Waals surface area contributed by atoms with E-state index in [1.165, 1.54) is 36.4 Å². The van der Waals surface area contributed by atoms with Crippen LogP contribution in [0.4, 0.5) is 17.6 Å². The molecule has 0 aliphatic carbocycles. The molecule has 0 saturated heterocycles. The SMILES string of the molecule is NCC(COc1ccccc1C(F)(F)F)c1cccc(F)c1. The summed E-state index contributed by atoms with van der Waals surface area (Å²) in [5.74, 6) is -1.08. The highest BCUT2D eigenvalue weighted by Gasteiger charge is 2.34. The lowest BCUT2D eigenvalue weighted by atomic mass is 10.00. The van der Waals surface area contributed by atoms with Gasteiger partial charge in [-0.15, -0.1) is 0 Å². The van der Waals surface area contributed by atoms with Crippen LogP contribution in [0.25, 0.3) is 0 Å². The van der Waals surface area contributed by atoms with Gasteiger partial charge in [0.05, 0.1) is 12.2 Å². The second kappa shape index (κ2) is 6.79. The van der Waals surface area contributed by atoms with Crippen LogP contribution in [0, 0.1) is 5.82 Å². The van der Waals surface area contributed by atoms with Crippen molar-refractivity contribution in [2.24, 2.45) is 5.73 Å². The molecule has 0 radical (unpaired) electrons. The lowest BCUT2D eigenvalue weighted by molar-refractivity contribution is -0.139. The number of benzene rings is 2. The third-order valence-electron chi connectivity index (χ3n) is 3.24. The van der Waals surface area contributed by atoms with E-state index >= 15 is 0 Å². The maximum atomic E-state index is 13.2. The summed E-state index contributed by atoms with van der Waals surface area (Å²) in [5.41, 5.74) is 5.37. The summed E-state index contributed by atoms with van der Waals surface area (Å²) in [6.07, 6.45) is -4.49. The van der Waals surface area contributed by atoms with E-state index < -0.39 is 23.5 Å². The van der Waals surface area contributed by atoms with E-state index in [1.807, 2.05) is 0 Å². The van der Waals surface area contributed by atoms with Crippen LogP contribution in [-0.4, -0.2) is 13.2 Å². The molecular weight excluding hydrogens is 298 g/mol. The van der Waals surface area contributed by atoms with Gasteiger partial charge < -0.3 is 10.5 Å². The predicted octanol–water partition coefficient (Wildman–Crippen LogP) is 3.97. The molecule has 0 saturated carbocycles. The monoisotopic (exact) mass is 313 g/mol. The second-order valence-electron chi connectivity index (χ2n) is 4.79. The van der Waals surface area contributed by atoms with Crippen molar-refractivity contribution in [1.82, 2.24) is 0 Å². The molecule has 0 spiro atoms. The Hall–Kier alpha value is -2.08. The topological polar surface area (TPSA) is 35.2 Å². The zero-order chi connectivity index (χ0) is 16.2. The van der Waals surface area contributed by atoms with Gasteiger partial charge in [0.15, 0.2) is 0 Å². The van der Waals surface area contributed by atoms with Gasteiger partial charge >= 0.3 is 6.18 Å². The Bertz CT molecular complexity index is 628. The molecule has 2 aromatic rings. The summed E-state index contributed by atoms with van der Waals surface area (Å²) in [4.78, 5) is 0. The van der Waals surface area contributed by atoms with Gasteiger partial charge in [-0.2, -0.15) is 13.2 Å². The Morgan fingerprint density at radius 2 is 1.77 bits per heavy atom. The maximum absolute atomic E-state index is 13.2. The lowest BCUT2D eigenvalue weighted by Crippen LogP contribution is -2.20. The van der Waals surface area contributed by atoms with Crippen LogP contribution in [-0.2, 0) is 6.18 Å². The molecule has 0 aliphatic heterocycles. The molecule has 2 N–H and O–H groups in total. The van der Waals surface area contributed by atoms with Crippen LogP contribution in [0.2, 0.25) is 0 Å². The van der Waals surface area contributed by atoms with Gasteiger partial charge in [-0.25, -0.2) is 4.39 Å². The van der Waals surface area contributed by atoms with Gasteiger partial charge in [0.1, 0.15) is 11.6 Å². The minimum Gasteiger partial charge on any atom is -0.492 e. The van der Waals surface area contributed by atoms with Crippen molar-refractivity contribution in [3.63, 3.8) is 0 Å². The number of hydrogen-bond acceptors (Lipinski definition) is 2. The van der Waals surface area contributed by atoms with Crippen LogP contribution in [0.1, 0.15) is 17.0 Å². The Kier molecular flexibility index (Phi) is 5.03. The van der Waals surface area contributed by atoms with E-state index in [0.29, 0.717) is 5.56 Å². The van der Waals surface area contributed by atoms with Crippen LogP contribution in [0.15, 0.2) is 48.5 Å². The summed E-state index contributed by atoms with van der Waals surface area (Å²) in [6, 6.07) is 10.7. The molecule has 22 heavy (non-hydrogen) atoms. The third kappa shape index (κ3) is 3.98. The van der Waals surface area contributed by atoms with Crippen LogP contribution in [0.3, 0.4) is 0 Å². The van der Waals surface area contributed by atoms with Gasteiger partial charge in [0.25, 0.3) is 0 Å². The molecule has 6 heteroatoms. The molecule has 0 aromatic heterocycles. The number of ether oxygens (including phenoxy) is 1. The first kappa shape index (κ1) is 16.3. The number of para-hydroxylation sites is 1. The Labute approximate surface area is 125 Å². The molecule has 0 bridgehead atoms. The predicted molar refractivity (Wildman–Crippen MR) is 75.1 cm³/mol. The molecule has 2 nitrogen and oxygen atoms in total. The fraction of sp³-hybridized carbons (Fsp3) is 0.250. The molecule has 2 rings (SSSR count). The van der Waals surface area contributed by atoms with E-state index in [9.17, 15) is 17.6 Å². The van der Waals surface area contributed by atoms with Crippen molar-refractivity contribution in [2.45, 2.75) is 12.1 Å². The van der Waals surface area contributed by atoms with Crippen molar-refractivity contribution >= 4 is 0 Å². The molecule has 1 atom stereocenters. The Balaban J connectivity index is 2.15. The number of halogens is 4. The molecule has 0 fully saturated rings. The molecule has 2 aromatic carbocycles. The summed E-state index contributed by atoms with van der Waals surface area (Å²) in [5, 5.41) is 0. The summed E-state index contributed by atoms with van der Waals surface area (Å²) >= 11 is 0. The van der Waals surface area contributed by atoms with Crippen LogP contribution in [0.5, 0.6) is 5.75 Å². The quantitative estimate of drug-likeness (QED) is 0.848. The van der Waals surface area contributed by atoms with Gasteiger partial charge in [0, 0.05) is 12.5 Å². The van der Waals surface area contributed by atoms with E-state index in [0.717, 1.165) is 6.07 Å².